The maximum absolute atomic E-state index is 10.7. The Balaban J connectivity index is 4.57. The molecule has 0 bridgehead atoms. The standard InChI is InChI=1S/C12H24O4S/c1-3-7-17(8-4-2,9-5-11(13)14)10-6-12(15)16/h3-10H2,1-2H3,(H,13,14)(H,15,16). The van der Waals surface area contributed by atoms with E-state index in [1.54, 1.807) is 0 Å². The monoisotopic (exact) mass is 264 g/mol. The minimum atomic E-state index is -1.05. The van der Waals surface area contributed by atoms with Gasteiger partial charge in [-0.25, -0.2) is 10.0 Å². The van der Waals surface area contributed by atoms with Crippen molar-refractivity contribution in [2.24, 2.45) is 0 Å². The van der Waals surface area contributed by atoms with Gasteiger partial charge in [0.15, 0.2) is 0 Å². The highest BCUT2D eigenvalue weighted by atomic mass is 32.3. The van der Waals surface area contributed by atoms with Gasteiger partial charge in [0, 0.05) is 0 Å². The average molecular weight is 264 g/mol. The van der Waals surface area contributed by atoms with E-state index < -0.39 is 22.0 Å². The Morgan fingerprint density at radius 2 is 1.18 bits per heavy atom. The fourth-order valence-corrected chi connectivity index (χ4v) is 6.26. The van der Waals surface area contributed by atoms with Crippen LogP contribution < -0.4 is 0 Å². The smallest absolute Gasteiger partial charge is 0.304 e. The van der Waals surface area contributed by atoms with Crippen molar-refractivity contribution in [3.63, 3.8) is 0 Å². The van der Waals surface area contributed by atoms with Crippen LogP contribution in [0, 0.1) is 0 Å². The number of carboxylic acid groups (broad SMARTS) is 2. The molecule has 0 heterocycles. The highest BCUT2D eigenvalue weighted by Gasteiger charge is 2.24. The molecule has 0 atom stereocenters. The lowest BCUT2D eigenvalue weighted by molar-refractivity contribution is -0.137. The molecule has 0 aromatic carbocycles. The predicted molar refractivity (Wildman–Crippen MR) is 72.1 cm³/mol. The molecule has 0 radical (unpaired) electrons. The van der Waals surface area contributed by atoms with E-state index >= 15 is 0 Å². The summed E-state index contributed by atoms with van der Waals surface area (Å²) in [7, 11) is -1.05. The zero-order valence-electron chi connectivity index (χ0n) is 10.8. The van der Waals surface area contributed by atoms with Crippen molar-refractivity contribution in [1.29, 1.82) is 0 Å². The molecule has 0 aliphatic rings. The summed E-state index contributed by atoms with van der Waals surface area (Å²) < 4.78 is 0. The third-order valence-corrected chi connectivity index (χ3v) is 7.46. The van der Waals surface area contributed by atoms with E-state index in [4.69, 9.17) is 10.2 Å². The lowest BCUT2D eigenvalue weighted by Crippen LogP contribution is -2.20. The third kappa shape index (κ3) is 7.26. The second kappa shape index (κ2) is 8.39. The van der Waals surface area contributed by atoms with E-state index in [0.29, 0.717) is 11.5 Å². The minimum Gasteiger partial charge on any atom is -0.481 e. The van der Waals surface area contributed by atoms with Gasteiger partial charge < -0.3 is 10.2 Å². The maximum atomic E-state index is 10.7. The predicted octanol–water partition coefficient (Wildman–Crippen LogP) is 2.56. The number of rotatable bonds is 10. The van der Waals surface area contributed by atoms with Gasteiger partial charge in [0.2, 0.25) is 0 Å². The van der Waals surface area contributed by atoms with Crippen molar-refractivity contribution in [3.8, 4) is 0 Å². The van der Waals surface area contributed by atoms with Crippen LogP contribution in [-0.2, 0) is 9.59 Å². The van der Waals surface area contributed by atoms with Gasteiger partial charge in [0.1, 0.15) is 0 Å². The van der Waals surface area contributed by atoms with E-state index in [2.05, 4.69) is 13.8 Å². The fourth-order valence-electron chi connectivity index (χ4n) is 2.09. The molecular formula is C12H24O4S. The Morgan fingerprint density at radius 1 is 0.824 bits per heavy atom. The van der Waals surface area contributed by atoms with E-state index in [0.717, 1.165) is 24.3 Å². The van der Waals surface area contributed by atoms with Crippen molar-refractivity contribution < 1.29 is 19.8 Å². The number of hydrogen-bond acceptors (Lipinski definition) is 2. The molecule has 0 aliphatic carbocycles. The average Bonchev–Trinajstić information content (AvgIpc) is 2.24. The molecule has 0 saturated carbocycles. The molecule has 0 amide bonds. The Morgan fingerprint density at radius 3 is 1.41 bits per heavy atom. The first-order chi connectivity index (χ1) is 7.95. The third-order valence-electron chi connectivity index (χ3n) is 2.77. The van der Waals surface area contributed by atoms with Gasteiger partial charge in [-0.2, -0.15) is 0 Å². The first-order valence-corrected chi connectivity index (χ1v) is 8.44. The molecule has 5 heteroatoms. The zero-order valence-corrected chi connectivity index (χ0v) is 11.6. The van der Waals surface area contributed by atoms with E-state index in [1.807, 2.05) is 0 Å². The molecule has 2 N–H and O–H groups in total. The second-order valence-electron chi connectivity index (χ2n) is 4.33. The van der Waals surface area contributed by atoms with Crippen LogP contribution in [-0.4, -0.2) is 45.2 Å². The van der Waals surface area contributed by atoms with E-state index in [1.165, 1.54) is 0 Å². The van der Waals surface area contributed by atoms with Crippen LogP contribution in [0.15, 0.2) is 0 Å². The summed E-state index contributed by atoms with van der Waals surface area (Å²) in [5.41, 5.74) is 0. The molecular weight excluding hydrogens is 240 g/mol. The lowest BCUT2D eigenvalue weighted by atomic mass is 10.5. The largest absolute Gasteiger partial charge is 0.481 e. The lowest BCUT2D eigenvalue weighted by Gasteiger charge is -2.39. The van der Waals surface area contributed by atoms with E-state index in [-0.39, 0.29) is 12.8 Å². The summed E-state index contributed by atoms with van der Waals surface area (Å²) in [5.74, 6) is 1.81. The molecule has 4 nitrogen and oxygen atoms in total. The number of carboxylic acids is 2. The molecule has 102 valence electrons. The van der Waals surface area contributed by atoms with Gasteiger partial charge in [-0.15, -0.1) is 0 Å². The minimum absolute atomic E-state index is 0.176. The highest BCUT2D eigenvalue weighted by Crippen LogP contribution is 2.50. The molecule has 0 aliphatic heterocycles. The molecule has 0 spiro atoms. The summed E-state index contributed by atoms with van der Waals surface area (Å²) in [5, 5.41) is 17.6. The van der Waals surface area contributed by atoms with Crippen molar-refractivity contribution in [2.45, 2.75) is 39.5 Å². The van der Waals surface area contributed by atoms with Crippen LogP contribution in [0.3, 0.4) is 0 Å². The zero-order chi connectivity index (χ0) is 13.3. The quantitative estimate of drug-likeness (QED) is 0.636. The fraction of sp³-hybridized carbons (Fsp3) is 0.833. The van der Waals surface area contributed by atoms with Crippen LogP contribution in [0.5, 0.6) is 0 Å². The van der Waals surface area contributed by atoms with Crippen molar-refractivity contribution in [2.75, 3.05) is 23.0 Å². The van der Waals surface area contributed by atoms with Gasteiger partial charge >= 0.3 is 11.9 Å². The summed E-state index contributed by atoms with van der Waals surface area (Å²) >= 11 is 0. The molecule has 17 heavy (non-hydrogen) atoms. The van der Waals surface area contributed by atoms with Crippen LogP contribution in [0.25, 0.3) is 0 Å². The second-order valence-corrected chi connectivity index (χ2v) is 8.41. The Kier molecular flexibility index (Phi) is 8.04. The topological polar surface area (TPSA) is 74.6 Å². The summed E-state index contributed by atoms with van der Waals surface area (Å²) in [6, 6.07) is 0. The summed E-state index contributed by atoms with van der Waals surface area (Å²) in [6.45, 7) is 4.16. The Hall–Kier alpha value is -0.710. The highest BCUT2D eigenvalue weighted by molar-refractivity contribution is 8.33. The van der Waals surface area contributed by atoms with Crippen molar-refractivity contribution in [3.05, 3.63) is 0 Å². The van der Waals surface area contributed by atoms with Crippen LogP contribution in [0.1, 0.15) is 39.5 Å². The Labute approximate surface area is 105 Å². The van der Waals surface area contributed by atoms with Gasteiger partial charge in [0.05, 0.1) is 12.8 Å². The molecule has 0 rings (SSSR count). The van der Waals surface area contributed by atoms with Crippen LogP contribution >= 0.6 is 10.0 Å². The van der Waals surface area contributed by atoms with Gasteiger partial charge in [-0.05, 0) is 35.9 Å². The number of carbonyl (C=O) groups is 2. The number of hydrogen-bond donors (Lipinski definition) is 2. The molecule has 0 unspecified atom stereocenters. The van der Waals surface area contributed by atoms with Gasteiger partial charge in [-0.1, -0.05) is 13.8 Å². The molecule has 0 aromatic heterocycles. The first kappa shape index (κ1) is 16.3. The van der Waals surface area contributed by atoms with Crippen LogP contribution in [0.2, 0.25) is 0 Å². The maximum Gasteiger partial charge on any atom is 0.304 e. The number of aliphatic carboxylic acids is 2. The first-order valence-electron chi connectivity index (χ1n) is 6.13. The molecule has 0 fully saturated rings. The summed E-state index contributed by atoms with van der Waals surface area (Å²) in [4.78, 5) is 21.4. The SMILES string of the molecule is CCCS(CCC)(CCC(=O)O)CCC(=O)O. The van der Waals surface area contributed by atoms with Crippen molar-refractivity contribution in [1.82, 2.24) is 0 Å². The molecule has 0 aromatic rings. The van der Waals surface area contributed by atoms with Crippen molar-refractivity contribution >= 4 is 22.0 Å². The molecule has 0 saturated heterocycles. The van der Waals surface area contributed by atoms with Crippen LogP contribution in [0.4, 0.5) is 0 Å². The van der Waals surface area contributed by atoms with Gasteiger partial charge in [-0.3, -0.25) is 9.59 Å². The van der Waals surface area contributed by atoms with Gasteiger partial charge in [0.25, 0.3) is 0 Å². The Bertz CT molecular complexity index is 227. The van der Waals surface area contributed by atoms with E-state index in [9.17, 15) is 9.59 Å². The summed E-state index contributed by atoms with van der Waals surface area (Å²) in [6.07, 6.45) is 2.37. The normalized spacial score (nSPS) is 12.4.